The first-order valence-electron chi connectivity index (χ1n) is 3.43. The summed E-state index contributed by atoms with van der Waals surface area (Å²) in [7, 11) is 0. The van der Waals surface area contributed by atoms with Crippen molar-refractivity contribution in [3.63, 3.8) is 0 Å². The van der Waals surface area contributed by atoms with E-state index in [1.54, 1.807) is 6.92 Å². The van der Waals surface area contributed by atoms with Crippen molar-refractivity contribution in [1.29, 1.82) is 0 Å². The molecule has 0 aliphatic heterocycles. The minimum Gasteiger partial charge on any atom is -0.370 e. The first kappa shape index (κ1) is 9.74. The Labute approximate surface area is 65.9 Å². The summed E-state index contributed by atoms with van der Waals surface area (Å²) in [6.45, 7) is 4.06. The van der Waals surface area contributed by atoms with Crippen molar-refractivity contribution in [1.82, 2.24) is 5.32 Å². The van der Waals surface area contributed by atoms with Crippen molar-refractivity contribution in [3.8, 4) is 0 Å². The van der Waals surface area contributed by atoms with Crippen LogP contribution in [0.5, 0.6) is 0 Å². The Morgan fingerprint density at radius 2 is 2.18 bits per heavy atom. The van der Waals surface area contributed by atoms with Crippen molar-refractivity contribution in [2.75, 3.05) is 6.54 Å². The average Bonchev–Trinajstić information content (AvgIpc) is 1.87. The van der Waals surface area contributed by atoms with Crippen LogP contribution < -0.4 is 16.8 Å². The second kappa shape index (κ2) is 4.54. The zero-order chi connectivity index (χ0) is 8.85. The lowest BCUT2D eigenvalue weighted by molar-refractivity contribution is -0.119. The first-order valence-corrected chi connectivity index (χ1v) is 3.43. The molecule has 64 valence electrons. The predicted octanol–water partition coefficient (Wildman–Crippen LogP) is -1.22. The Balaban J connectivity index is 3.84. The molecule has 0 heterocycles. The molecule has 0 aromatic rings. The fourth-order valence-electron chi connectivity index (χ4n) is 0.509. The monoisotopic (exact) mass is 158 g/mol. The summed E-state index contributed by atoms with van der Waals surface area (Å²) in [5.41, 5.74) is 10.3. The third-order valence-corrected chi connectivity index (χ3v) is 1.12. The van der Waals surface area contributed by atoms with E-state index in [-0.39, 0.29) is 5.96 Å². The molecule has 0 aromatic heterocycles. The van der Waals surface area contributed by atoms with Crippen molar-refractivity contribution < 1.29 is 4.79 Å². The van der Waals surface area contributed by atoms with Crippen molar-refractivity contribution >= 4 is 11.9 Å². The minimum absolute atomic E-state index is 0.249. The molecule has 1 atom stereocenters. The van der Waals surface area contributed by atoms with Crippen LogP contribution in [0.2, 0.25) is 0 Å². The van der Waals surface area contributed by atoms with E-state index >= 15 is 0 Å². The number of nitrogens with two attached hydrogens (primary N) is 2. The largest absolute Gasteiger partial charge is 0.370 e. The fourth-order valence-corrected chi connectivity index (χ4v) is 0.509. The molecule has 1 unspecified atom stereocenters. The molecular formula is C6H14N4O. The van der Waals surface area contributed by atoms with Gasteiger partial charge >= 0.3 is 0 Å². The highest BCUT2D eigenvalue weighted by atomic mass is 16.1. The van der Waals surface area contributed by atoms with E-state index in [0.717, 1.165) is 0 Å². The highest BCUT2D eigenvalue weighted by Crippen LogP contribution is 1.77. The Hall–Kier alpha value is -1.26. The molecule has 0 aromatic carbocycles. The van der Waals surface area contributed by atoms with Gasteiger partial charge in [-0.15, -0.1) is 0 Å². The number of guanidine groups is 1. The number of nitrogens with one attached hydrogen (secondary N) is 1. The number of nitrogens with zero attached hydrogens (tertiary/aromatic N) is 1. The van der Waals surface area contributed by atoms with Crippen LogP contribution in [0, 0.1) is 0 Å². The topological polar surface area (TPSA) is 93.5 Å². The standard InChI is InChI=1S/C6H14N4O/c1-3-9-6(8)10-4(2)5(7)11/h4H,3H2,1-2H3,(H2,7,11)(H3,8,9,10). The van der Waals surface area contributed by atoms with Crippen LogP contribution in [0.1, 0.15) is 13.8 Å². The number of carbonyl (C=O) groups excluding carboxylic acids is 1. The molecular weight excluding hydrogens is 144 g/mol. The normalized spacial score (nSPS) is 14.2. The van der Waals surface area contributed by atoms with E-state index in [0.29, 0.717) is 6.54 Å². The molecule has 0 saturated heterocycles. The minimum atomic E-state index is -0.467. The van der Waals surface area contributed by atoms with Gasteiger partial charge in [-0.3, -0.25) is 9.79 Å². The van der Waals surface area contributed by atoms with Gasteiger partial charge in [0.1, 0.15) is 6.04 Å². The molecule has 5 nitrogen and oxygen atoms in total. The maximum absolute atomic E-state index is 10.5. The number of carbonyl (C=O) groups is 1. The molecule has 5 heteroatoms. The molecule has 11 heavy (non-hydrogen) atoms. The van der Waals surface area contributed by atoms with Gasteiger partial charge in [-0.2, -0.15) is 0 Å². The number of aliphatic imine (C=N–C) groups is 1. The molecule has 0 aliphatic rings. The van der Waals surface area contributed by atoms with Gasteiger partial charge < -0.3 is 16.8 Å². The summed E-state index contributed by atoms with van der Waals surface area (Å²) in [6.07, 6.45) is 0. The highest BCUT2D eigenvalue weighted by Gasteiger charge is 2.07. The van der Waals surface area contributed by atoms with Crippen LogP contribution in [-0.4, -0.2) is 24.5 Å². The molecule has 0 spiro atoms. The first-order chi connectivity index (χ1) is 5.07. The molecule has 0 rings (SSSR count). The summed E-state index contributed by atoms with van der Waals surface area (Å²) in [6, 6.07) is -0.467. The number of primary amides is 1. The van der Waals surface area contributed by atoms with Crippen molar-refractivity contribution in [3.05, 3.63) is 0 Å². The van der Waals surface area contributed by atoms with Gasteiger partial charge in [0.2, 0.25) is 5.91 Å². The zero-order valence-electron chi connectivity index (χ0n) is 6.79. The van der Waals surface area contributed by atoms with E-state index in [9.17, 15) is 4.79 Å². The van der Waals surface area contributed by atoms with Gasteiger partial charge in [-0.1, -0.05) is 0 Å². The van der Waals surface area contributed by atoms with Gasteiger partial charge in [0.15, 0.2) is 5.96 Å². The Bertz CT molecular complexity index is 166. The quantitative estimate of drug-likeness (QED) is 0.355. The van der Waals surface area contributed by atoms with Gasteiger partial charge in [-0.25, -0.2) is 0 Å². The molecule has 5 N–H and O–H groups in total. The zero-order valence-corrected chi connectivity index (χ0v) is 6.79. The van der Waals surface area contributed by atoms with E-state index in [1.807, 2.05) is 6.92 Å². The van der Waals surface area contributed by atoms with Gasteiger partial charge in [-0.05, 0) is 13.8 Å². The summed E-state index contributed by atoms with van der Waals surface area (Å²) < 4.78 is 0. The fraction of sp³-hybridized carbons (Fsp3) is 0.667. The van der Waals surface area contributed by atoms with Crippen molar-refractivity contribution in [2.24, 2.45) is 16.5 Å². The molecule has 1 amide bonds. The third kappa shape index (κ3) is 4.19. The van der Waals surface area contributed by atoms with Crippen LogP contribution in [0.15, 0.2) is 4.99 Å². The predicted molar refractivity (Wildman–Crippen MR) is 44.0 cm³/mol. The SMILES string of the molecule is CCN=C(N)NC(C)C(N)=O. The van der Waals surface area contributed by atoms with E-state index in [4.69, 9.17) is 11.5 Å². The van der Waals surface area contributed by atoms with Gasteiger partial charge in [0.25, 0.3) is 0 Å². The summed E-state index contributed by atoms with van der Waals surface area (Å²) in [5.74, 6) is -0.196. The van der Waals surface area contributed by atoms with Crippen LogP contribution in [-0.2, 0) is 4.79 Å². The summed E-state index contributed by atoms with van der Waals surface area (Å²) in [5, 5.41) is 2.63. The maximum Gasteiger partial charge on any atom is 0.239 e. The van der Waals surface area contributed by atoms with Gasteiger partial charge in [0.05, 0.1) is 0 Å². The lowest BCUT2D eigenvalue weighted by atomic mass is 10.3. The summed E-state index contributed by atoms with van der Waals surface area (Å²) >= 11 is 0. The van der Waals surface area contributed by atoms with E-state index in [1.165, 1.54) is 0 Å². The number of hydrogen-bond donors (Lipinski definition) is 3. The lowest BCUT2D eigenvalue weighted by Crippen LogP contribution is -2.45. The molecule has 0 aliphatic carbocycles. The van der Waals surface area contributed by atoms with Crippen LogP contribution in [0.3, 0.4) is 0 Å². The molecule has 0 radical (unpaired) electrons. The average molecular weight is 158 g/mol. The van der Waals surface area contributed by atoms with Crippen LogP contribution in [0.25, 0.3) is 0 Å². The lowest BCUT2D eigenvalue weighted by Gasteiger charge is -2.09. The van der Waals surface area contributed by atoms with E-state index < -0.39 is 11.9 Å². The molecule has 0 saturated carbocycles. The molecule has 0 bridgehead atoms. The van der Waals surface area contributed by atoms with E-state index in [2.05, 4.69) is 10.3 Å². The Kier molecular flexibility index (Phi) is 4.02. The maximum atomic E-state index is 10.5. The van der Waals surface area contributed by atoms with Crippen molar-refractivity contribution in [2.45, 2.75) is 19.9 Å². The number of amides is 1. The van der Waals surface area contributed by atoms with Crippen LogP contribution in [0.4, 0.5) is 0 Å². The van der Waals surface area contributed by atoms with Crippen LogP contribution >= 0.6 is 0 Å². The number of hydrogen-bond acceptors (Lipinski definition) is 2. The summed E-state index contributed by atoms with van der Waals surface area (Å²) in [4.78, 5) is 14.3. The van der Waals surface area contributed by atoms with Gasteiger partial charge in [0, 0.05) is 6.54 Å². The third-order valence-electron chi connectivity index (χ3n) is 1.12. The number of rotatable bonds is 3. The second-order valence-corrected chi connectivity index (χ2v) is 2.13. The second-order valence-electron chi connectivity index (χ2n) is 2.13. The smallest absolute Gasteiger partial charge is 0.239 e. The Morgan fingerprint density at radius 3 is 2.55 bits per heavy atom. The Morgan fingerprint density at radius 1 is 1.64 bits per heavy atom. The molecule has 0 fully saturated rings. The highest BCUT2D eigenvalue weighted by molar-refractivity contribution is 5.86.